The third-order valence-corrected chi connectivity index (χ3v) is 5.43. The number of aliphatic hydroxyl groups excluding tert-OH is 1. The first-order valence-electron chi connectivity index (χ1n) is 11.7. The zero-order valence-corrected chi connectivity index (χ0v) is 20.0. The second kappa shape index (κ2) is 13.4. The molecule has 1 aliphatic rings. The minimum absolute atomic E-state index is 0.177. The number of nitrogens with zero attached hydrogens (tertiary/aromatic N) is 2. The van der Waals surface area contributed by atoms with Gasteiger partial charge in [-0.3, -0.25) is 0 Å². The number of β-amino-alcohol motifs (C(OH)–C–C–N with tert-alkyl or cyclic N) is 1. The van der Waals surface area contributed by atoms with Gasteiger partial charge in [0.25, 0.3) is 0 Å². The molecule has 2 aromatic rings. The molecule has 0 bridgehead atoms. The van der Waals surface area contributed by atoms with Gasteiger partial charge in [-0.15, -0.1) is 10.2 Å². The lowest BCUT2D eigenvalue weighted by atomic mass is 10.1. The Bertz CT molecular complexity index is 846. The molecule has 5 N–H and O–H groups in total. The molecule has 1 saturated heterocycles. The van der Waals surface area contributed by atoms with E-state index in [1.54, 1.807) is 12.1 Å². The van der Waals surface area contributed by atoms with Crippen molar-refractivity contribution in [2.24, 2.45) is 5.84 Å². The standard InChI is InChI=1S/C24H37N5O5/c1-24(2,17-34-23-10-9-22(27-25)28-29-23)26-14-19(30)15-33-21-8-4-3-6-18(21)11-13-31-16-20-7-5-12-32-20/h3-4,6,8-10,19-20,26,30H,5,7,11-17,25H2,1-2H3,(H,27,28). The van der Waals surface area contributed by atoms with Crippen LogP contribution in [0.25, 0.3) is 0 Å². The largest absolute Gasteiger partial charge is 0.491 e. The highest BCUT2D eigenvalue weighted by Crippen LogP contribution is 2.19. The van der Waals surface area contributed by atoms with Gasteiger partial charge in [-0.1, -0.05) is 18.2 Å². The second-order valence-corrected chi connectivity index (χ2v) is 8.99. The summed E-state index contributed by atoms with van der Waals surface area (Å²) in [5.41, 5.74) is 3.08. The maximum absolute atomic E-state index is 10.4. The van der Waals surface area contributed by atoms with Gasteiger partial charge in [0, 0.05) is 24.8 Å². The first kappa shape index (κ1) is 26.1. The molecule has 10 nitrogen and oxygen atoms in total. The van der Waals surface area contributed by atoms with Gasteiger partial charge in [0.15, 0.2) is 5.82 Å². The summed E-state index contributed by atoms with van der Waals surface area (Å²) in [6.07, 6.45) is 2.47. The van der Waals surface area contributed by atoms with Crippen LogP contribution in [0.3, 0.4) is 0 Å². The number of aliphatic hydroxyl groups is 1. The van der Waals surface area contributed by atoms with Crippen molar-refractivity contribution in [3.8, 4) is 11.6 Å². The number of nitrogens with two attached hydrogens (primary N) is 1. The van der Waals surface area contributed by atoms with Crippen LogP contribution in [0.1, 0.15) is 32.3 Å². The molecule has 1 aliphatic heterocycles. The smallest absolute Gasteiger partial charge is 0.233 e. The van der Waals surface area contributed by atoms with E-state index in [1.165, 1.54) is 0 Å². The molecule has 2 unspecified atom stereocenters. The maximum atomic E-state index is 10.4. The summed E-state index contributed by atoms with van der Waals surface area (Å²) in [6.45, 7) is 6.91. The summed E-state index contributed by atoms with van der Waals surface area (Å²) in [7, 11) is 0. The highest BCUT2D eigenvalue weighted by Gasteiger charge is 2.21. The predicted molar refractivity (Wildman–Crippen MR) is 129 cm³/mol. The van der Waals surface area contributed by atoms with E-state index in [4.69, 9.17) is 24.8 Å². The molecule has 0 saturated carbocycles. The van der Waals surface area contributed by atoms with Crippen LogP contribution in [0.15, 0.2) is 36.4 Å². The van der Waals surface area contributed by atoms with Gasteiger partial charge in [-0.25, -0.2) is 5.84 Å². The summed E-state index contributed by atoms with van der Waals surface area (Å²) in [5.74, 6) is 6.90. The van der Waals surface area contributed by atoms with Crippen molar-refractivity contribution in [2.75, 3.05) is 45.0 Å². The molecule has 0 spiro atoms. The van der Waals surface area contributed by atoms with Crippen LogP contribution in [0, 0.1) is 0 Å². The minimum Gasteiger partial charge on any atom is -0.491 e. The lowest BCUT2D eigenvalue weighted by molar-refractivity contribution is 0.0181. The molecule has 0 aliphatic carbocycles. The Kier molecular flexibility index (Phi) is 10.3. The second-order valence-electron chi connectivity index (χ2n) is 8.99. The van der Waals surface area contributed by atoms with E-state index in [1.807, 2.05) is 38.1 Å². The fraction of sp³-hybridized carbons (Fsp3) is 0.583. The normalized spacial score (nSPS) is 16.9. The van der Waals surface area contributed by atoms with E-state index in [0.717, 1.165) is 37.2 Å². The van der Waals surface area contributed by atoms with Crippen LogP contribution in [0.5, 0.6) is 11.6 Å². The number of hydrazine groups is 1. The van der Waals surface area contributed by atoms with Crippen molar-refractivity contribution < 1.29 is 24.1 Å². The Labute approximate surface area is 201 Å². The topological polar surface area (TPSA) is 133 Å². The monoisotopic (exact) mass is 475 g/mol. The summed E-state index contributed by atoms with van der Waals surface area (Å²) in [6, 6.07) is 11.2. The number of para-hydroxylation sites is 1. The molecule has 10 heteroatoms. The average Bonchev–Trinajstić information content (AvgIpc) is 3.37. The van der Waals surface area contributed by atoms with Gasteiger partial charge in [-0.2, -0.15) is 0 Å². The van der Waals surface area contributed by atoms with Gasteiger partial charge in [-0.05, 0) is 50.8 Å². The lowest BCUT2D eigenvalue weighted by Crippen LogP contribution is -2.48. The van der Waals surface area contributed by atoms with Gasteiger partial charge in [0.05, 0.1) is 19.3 Å². The number of ether oxygens (including phenoxy) is 4. The van der Waals surface area contributed by atoms with Crippen LogP contribution in [-0.2, 0) is 15.9 Å². The quantitative estimate of drug-likeness (QED) is 0.171. The molecule has 1 aromatic carbocycles. The van der Waals surface area contributed by atoms with Crippen LogP contribution in [0.4, 0.5) is 5.82 Å². The van der Waals surface area contributed by atoms with Gasteiger partial charge < -0.3 is 34.8 Å². The molecule has 0 amide bonds. The molecule has 1 fully saturated rings. The zero-order chi connectivity index (χ0) is 24.2. The Balaban J connectivity index is 1.36. The third-order valence-electron chi connectivity index (χ3n) is 5.43. The van der Waals surface area contributed by atoms with Crippen LogP contribution in [-0.4, -0.2) is 72.6 Å². The molecule has 34 heavy (non-hydrogen) atoms. The van der Waals surface area contributed by atoms with Gasteiger partial charge in [0.1, 0.15) is 25.1 Å². The fourth-order valence-electron chi connectivity index (χ4n) is 3.44. The maximum Gasteiger partial charge on any atom is 0.233 e. The van der Waals surface area contributed by atoms with Gasteiger partial charge >= 0.3 is 0 Å². The van der Waals surface area contributed by atoms with Gasteiger partial charge in [0.2, 0.25) is 5.88 Å². The van der Waals surface area contributed by atoms with E-state index in [0.29, 0.717) is 38.1 Å². The van der Waals surface area contributed by atoms with Crippen LogP contribution >= 0.6 is 0 Å². The molecule has 1 aromatic heterocycles. The fourth-order valence-corrected chi connectivity index (χ4v) is 3.44. The Morgan fingerprint density at radius 2 is 2.06 bits per heavy atom. The van der Waals surface area contributed by atoms with Crippen molar-refractivity contribution in [3.05, 3.63) is 42.0 Å². The van der Waals surface area contributed by atoms with Crippen molar-refractivity contribution in [3.63, 3.8) is 0 Å². The third kappa shape index (κ3) is 9.03. The van der Waals surface area contributed by atoms with E-state index >= 15 is 0 Å². The van der Waals surface area contributed by atoms with Crippen molar-refractivity contribution in [2.45, 2.75) is 50.9 Å². The van der Waals surface area contributed by atoms with Crippen molar-refractivity contribution >= 4 is 5.82 Å². The molecule has 188 valence electrons. The van der Waals surface area contributed by atoms with E-state index in [2.05, 4.69) is 20.9 Å². The SMILES string of the molecule is CC(C)(COc1ccc(NN)nn1)NCC(O)COc1ccccc1CCOCC1CCCO1. The first-order valence-corrected chi connectivity index (χ1v) is 11.7. The number of rotatable bonds is 15. The Morgan fingerprint density at radius 1 is 1.21 bits per heavy atom. The van der Waals surface area contributed by atoms with E-state index in [-0.39, 0.29) is 12.7 Å². The average molecular weight is 476 g/mol. The molecule has 0 radical (unpaired) electrons. The Hall–Kier alpha value is -2.50. The molecule has 2 atom stereocenters. The molecule has 2 heterocycles. The number of hydrogen-bond donors (Lipinski definition) is 4. The van der Waals surface area contributed by atoms with Crippen LogP contribution < -0.4 is 26.1 Å². The van der Waals surface area contributed by atoms with Crippen molar-refractivity contribution in [1.82, 2.24) is 15.5 Å². The summed E-state index contributed by atoms with van der Waals surface area (Å²) < 4.78 is 23.0. The van der Waals surface area contributed by atoms with Crippen molar-refractivity contribution in [1.29, 1.82) is 0 Å². The number of anilines is 1. The summed E-state index contributed by atoms with van der Waals surface area (Å²) in [4.78, 5) is 0. The van der Waals surface area contributed by atoms with E-state index < -0.39 is 11.6 Å². The number of nitrogen functional groups attached to an aromatic ring is 1. The minimum atomic E-state index is -0.683. The number of benzene rings is 1. The molecular weight excluding hydrogens is 438 g/mol. The van der Waals surface area contributed by atoms with Crippen LogP contribution in [0.2, 0.25) is 0 Å². The number of hydrogen-bond acceptors (Lipinski definition) is 10. The Morgan fingerprint density at radius 3 is 2.79 bits per heavy atom. The lowest BCUT2D eigenvalue weighted by Gasteiger charge is -2.27. The summed E-state index contributed by atoms with van der Waals surface area (Å²) >= 11 is 0. The van der Waals surface area contributed by atoms with E-state index in [9.17, 15) is 5.11 Å². The first-order chi connectivity index (χ1) is 16.4. The number of aromatic nitrogens is 2. The highest BCUT2D eigenvalue weighted by molar-refractivity contribution is 5.33. The summed E-state index contributed by atoms with van der Waals surface area (Å²) in [5, 5.41) is 21.5. The molecule has 3 rings (SSSR count). The molecular formula is C24H37N5O5. The zero-order valence-electron chi connectivity index (χ0n) is 20.0. The number of nitrogens with one attached hydrogen (secondary N) is 2. The predicted octanol–water partition coefficient (Wildman–Crippen LogP) is 1.69. The highest BCUT2D eigenvalue weighted by atomic mass is 16.5.